The van der Waals surface area contributed by atoms with Crippen molar-refractivity contribution in [3.63, 3.8) is 0 Å². The molecule has 0 bridgehead atoms. The van der Waals surface area contributed by atoms with Crippen LogP contribution >= 0.6 is 24.0 Å². The summed E-state index contributed by atoms with van der Waals surface area (Å²) < 4.78 is 0. The number of allylic oxidation sites excluding steroid dienone is 1. The van der Waals surface area contributed by atoms with E-state index < -0.39 is 0 Å². The molecule has 0 saturated heterocycles. The van der Waals surface area contributed by atoms with Gasteiger partial charge in [0.25, 0.3) is 0 Å². The van der Waals surface area contributed by atoms with E-state index >= 15 is 0 Å². The van der Waals surface area contributed by atoms with Gasteiger partial charge in [0.05, 0.1) is 16.7 Å². The first-order chi connectivity index (χ1) is 8.26. The van der Waals surface area contributed by atoms with Crippen molar-refractivity contribution in [1.82, 2.24) is 10.6 Å². The van der Waals surface area contributed by atoms with Crippen molar-refractivity contribution in [2.45, 2.75) is 37.9 Å². The normalized spacial score (nSPS) is 27.3. The van der Waals surface area contributed by atoms with Gasteiger partial charge in [-0.05, 0) is 32.0 Å². The summed E-state index contributed by atoms with van der Waals surface area (Å²) in [4.78, 5) is 0. The molecule has 0 radical (unpaired) electrons. The topological polar surface area (TPSA) is 47.8 Å². The summed E-state index contributed by atoms with van der Waals surface area (Å²) in [5, 5.41) is 17.7. The Labute approximate surface area is 112 Å². The maximum absolute atomic E-state index is 9.29. The van der Waals surface area contributed by atoms with E-state index in [0.717, 1.165) is 23.6 Å². The first-order valence-electron chi connectivity index (χ1n) is 6.12. The minimum atomic E-state index is 0.450. The summed E-state index contributed by atoms with van der Waals surface area (Å²) in [6, 6.07) is 2.37. The third-order valence-electron chi connectivity index (χ3n) is 3.27. The molecule has 0 aromatic rings. The summed E-state index contributed by atoms with van der Waals surface area (Å²) in [6.07, 6.45) is 4.91. The van der Waals surface area contributed by atoms with Crippen molar-refractivity contribution in [1.29, 1.82) is 5.26 Å². The molecular weight excluding hydrogens is 250 g/mol. The Morgan fingerprint density at radius 2 is 2.29 bits per heavy atom. The Hall–Kier alpha value is -0.730. The average Bonchev–Trinajstić information content (AvgIpc) is 2.66. The smallest absolute Gasteiger partial charge is 0.171 e. The van der Waals surface area contributed by atoms with Gasteiger partial charge >= 0.3 is 0 Å². The molecule has 1 aliphatic carbocycles. The monoisotopic (exact) mass is 267 g/mol. The van der Waals surface area contributed by atoms with E-state index in [2.05, 4.69) is 16.7 Å². The van der Waals surface area contributed by atoms with Crippen molar-refractivity contribution in [2.24, 2.45) is 5.92 Å². The minimum Gasteiger partial charge on any atom is -0.363 e. The van der Waals surface area contributed by atoms with E-state index in [1.165, 1.54) is 19.3 Å². The van der Waals surface area contributed by atoms with Crippen LogP contribution in [-0.4, -0.2) is 16.9 Å². The van der Waals surface area contributed by atoms with Gasteiger partial charge in [-0.2, -0.15) is 5.26 Å². The number of rotatable bonds is 2. The molecule has 1 fully saturated rings. The SMILES string of the molecule is CCNC(=S)NC1=C(C#N)[C@@H]2CCCC[C@H]2S1. The molecule has 92 valence electrons. The van der Waals surface area contributed by atoms with Crippen molar-refractivity contribution < 1.29 is 0 Å². The minimum absolute atomic E-state index is 0.450. The van der Waals surface area contributed by atoms with Crippen LogP contribution in [0.4, 0.5) is 0 Å². The van der Waals surface area contributed by atoms with Crippen LogP contribution in [0.25, 0.3) is 0 Å². The van der Waals surface area contributed by atoms with E-state index in [1.54, 1.807) is 11.8 Å². The molecule has 0 aromatic carbocycles. The number of nitrogens with one attached hydrogen (secondary N) is 2. The quantitative estimate of drug-likeness (QED) is 0.753. The van der Waals surface area contributed by atoms with Crippen LogP contribution in [0.2, 0.25) is 0 Å². The molecule has 5 heteroatoms. The molecule has 17 heavy (non-hydrogen) atoms. The highest BCUT2D eigenvalue weighted by Gasteiger charge is 2.37. The van der Waals surface area contributed by atoms with Gasteiger partial charge in [0.1, 0.15) is 0 Å². The molecule has 0 spiro atoms. The molecule has 0 amide bonds. The van der Waals surface area contributed by atoms with Crippen LogP contribution in [0.5, 0.6) is 0 Å². The van der Waals surface area contributed by atoms with E-state index in [-0.39, 0.29) is 0 Å². The second kappa shape index (κ2) is 5.74. The maximum Gasteiger partial charge on any atom is 0.171 e. The van der Waals surface area contributed by atoms with Gasteiger partial charge in [-0.25, -0.2) is 0 Å². The number of thioether (sulfide) groups is 1. The molecule has 2 atom stereocenters. The number of fused-ring (bicyclic) bond motifs is 1. The molecule has 1 heterocycles. The zero-order valence-electron chi connectivity index (χ0n) is 9.95. The molecule has 2 aliphatic rings. The Balaban J connectivity index is 2.09. The Morgan fingerprint density at radius 3 is 3.00 bits per heavy atom. The van der Waals surface area contributed by atoms with E-state index in [4.69, 9.17) is 12.2 Å². The number of hydrogen-bond donors (Lipinski definition) is 2. The Morgan fingerprint density at radius 1 is 1.53 bits per heavy atom. The summed E-state index contributed by atoms with van der Waals surface area (Å²) >= 11 is 6.98. The zero-order valence-corrected chi connectivity index (χ0v) is 11.6. The maximum atomic E-state index is 9.29. The van der Waals surface area contributed by atoms with Crippen LogP contribution < -0.4 is 10.6 Å². The van der Waals surface area contributed by atoms with Gasteiger partial charge in [-0.1, -0.05) is 12.8 Å². The van der Waals surface area contributed by atoms with Crippen molar-refractivity contribution in [2.75, 3.05) is 6.54 Å². The zero-order chi connectivity index (χ0) is 12.3. The first-order valence-corrected chi connectivity index (χ1v) is 7.40. The van der Waals surface area contributed by atoms with Crippen molar-refractivity contribution in [3.05, 3.63) is 10.6 Å². The molecule has 0 aromatic heterocycles. The second-order valence-electron chi connectivity index (χ2n) is 4.39. The fourth-order valence-corrected chi connectivity index (χ4v) is 4.31. The highest BCUT2D eigenvalue weighted by molar-refractivity contribution is 8.04. The van der Waals surface area contributed by atoms with Gasteiger partial charge in [-0.15, -0.1) is 11.8 Å². The average molecular weight is 267 g/mol. The van der Waals surface area contributed by atoms with Gasteiger partial charge in [0, 0.05) is 17.7 Å². The molecule has 0 unspecified atom stereocenters. The number of thiocarbonyl (C=S) groups is 1. The molecule has 2 rings (SSSR count). The van der Waals surface area contributed by atoms with Crippen LogP contribution in [0.3, 0.4) is 0 Å². The van der Waals surface area contributed by atoms with Crippen molar-refractivity contribution >= 4 is 29.1 Å². The number of nitrogens with zero attached hydrogens (tertiary/aromatic N) is 1. The lowest BCUT2D eigenvalue weighted by Crippen LogP contribution is -2.33. The lowest BCUT2D eigenvalue weighted by atomic mass is 9.84. The molecule has 2 N–H and O–H groups in total. The molecule has 3 nitrogen and oxygen atoms in total. The fraction of sp³-hybridized carbons (Fsp3) is 0.667. The Bertz CT molecular complexity index is 384. The summed E-state index contributed by atoms with van der Waals surface area (Å²) in [5.74, 6) is 0.450. The van der Waals surface area contributed by atoms with E-state index in [1.807, 2.05) is 6.92 Å². The standard InChI is InChI=1S/C12H17N3S2/c1-2-14-12(16)15-11-9(7-13)8-5-3-4-6-10(8)17-11/h8,10H,2-6H2,1H3,(H2,14,15,16)/t8-,10+/m0/s1. The van der Waals surface area contributed by atoms with Crippen LogP contribution in [0, 0.1) is 17.2 Å². The third kappa shape index (κ3) is 2.75. The molecular formula is C12H17N3S2. The van der Waals surface area contributed by atoms with Gasteiger partial charge < -0.3 is 10.6 Å². The van der Waals surface area contributed by atoms with Crippen LogP contribution in [0.15, 0.2) is 10.6 Å². The highest BCUT2D eigenvalue weighted by Crippen LogP contribution is 2.47. The van der Waals surface area contributed by atoms with E-state index in [9.17, 15) is 5.26 Å². The number of hydrogen-bond acceptors (Lipinski definition) is 3. The summed E-state index contributed by atoms with van der Waals surface area (Å²) in [5.41, 5.74) is 0.917. The van der Waals surface area contributed by atoms with Crippen LogP contribution in [-0.2, 0) is 0 Å². The van der Waals surface area contributed by atoms with Gasteiger partial charge in [0.15, 0.2) is 5.11 Å². The van der Waals surface area contributed by atoms with Crippen LogP contribution in [0.1, 0.15) is 32.6 Å². The van der Waals surface area contributed by atoms with Gasteiger partial charge in [0.2, 0.25) is 0 Å². The summed E-state index contributed by atoms with van der Waals surface area (Å²) in [7, 11) is 0. The predicted molar refractivity (Wildman–Crippen MR) is 75.4 cm³/mol. The number of nitriles is 1. The highest BCUT2D eigenvalue weighted by atomic mass is 32.2. The Kier molecular flexibility index (Phi) is 4.30. The lowest BCUT2D eigenvalue weighted by Gasteiger charge is -2.24. The first kappa shape index (κ1) is 12.7. The molecule has 1 saturated carbocycles. The van der Waals surface area contributed by atoms with E-state index in [0.29, 0.717) is 16.3 Å². The fourth-order valence-electron chi connectivity index (χ4n) is 2.49. The second-order valence-corrected chi connectivity index (χ2v) is 6.04. The largest absolute Gasteiger partial charge is 0.363 e. The van der Waals surface area contributed by atoms with Gasteiger partial charge in [-0.3, -0.25) is 0 Å². The van der Waals surface area contributed by atoms with Crippen molar-refractivity contribution in [3.8, 4) is 6.07 Å². The third-order valence-corrected chi connectivity index (χ3v) is 4.94. The molecule has 1 aliphatic heterocycles. The summed E-state index contributed by atoms with van der Waals surface area (Å²) in [6.45, 7) is 2.81. The lowest BCUT2D eigenvalue weighted by molar-refractivity contribution is 0.427. The predicted octanol–water partition coefficient (Wildman–Crippen LogP) is 2.51.